The van der Waals surface area contributed by atoms with Crippen molar-refractivity contribution in [1.29, 1.82) is 0 Å². The Hall–Kier alpha value is -2.60. The first kappa shape index (κ1) is 17.2. The van der Waals surface area contributed by atoms with Crippen LogP contribution in [0, 0.1) is 5.82 Å². The van der Waals surface area contributed by atoms with E-state index in [4.69, 9.17) is 14.2 Å². The van der Waals surface area contributed by atoms with Crippen LogP contribution >= 0.6 is 0 Å². The fourth-order valence-corrected chi connectivity index (χ4v) is 2.67. The van der Waals surface area contributed by atoms with Gasteiger partial charge in [-0.3, -0.25) is 4.79 Å². The number of nitrogens with zero attached hydrogens (tertiary/aromatic N) is 1. The van der Waals surface area contributed by atoms with Crippen molar-refractivity contribution in [1.82, 2.24) is 4.90 Å². The normalized spacial score (nSPS) is 17.2. The van der Waals surface area contributed by atoms with Crippen molar-refractivity contribution in [2.45, 2.75) is 6.10 Å². The van der Waals surface area contributed by atoms with E-state index in [1.807, 2.05) is 0 Å². The summed E-state index contributed by atoms with van der Waals surface area (Å²) in [5.41, 5.74) is 0.604. The lowest BCUT2D eigenvalue weighted by molar-refractivity contribution is -0.0401. The molecular weight excluding hydrogens is 325 g/mol. The number of ether oxygens (including phenoxy) is 3. The fraction of sp³-hybridized carbons (Fsp3) is 0.316. The molecule has 1 aliphatic rings. The monoisotopic (exact) mass is 345 g/mol. The highest BCUT2D eigenvalue weighted by Crippen LogP contribution is 2.17. The Morgan fingerprint density at radius 1 is 1.24 bits per heavy atom. The molecule has 1 atom stereocenters. The first-order valence-corrected chi connectivity index (χ1v) is 8.09. The second kappa shape index (κ2) is 7.98. The predicted molar refractivity (Wildman–Crippen MR) is 90.5 cm³/mol. The van der Waals surface area contributed by atoms with Crippen molar-refractivity contribution < 1.29 is 23.4 Å². The Morgan fingerprint density at radius 3 is 2.76 bits per heavy atom. The van der Waals surface area contributed by atoms with Crippen molar-refractivity contribution in [2.75, 3.05) is 33.4 Å². The third-order valence-corrected chi connectivity index (χ3v) is 3.99. The maximum Gasteiger partial charge on any atom is 0.254 e. The lowest BCUT2D eigenvalue weighted by Crippen LogP contribution is -2.47. The number of amides is 1. The molecule has 5 nitrogen and oxygen atoms in total. The molecule has 1 amide bonds. The van der Waals surface area contributed by atoms with Gasteiger partial charge in [-0.2, -0.15) is 0 Å². The number of morpholine rings is 1. The number of rotatable bonds is 5. The van der Waals surface area contributed by atoms with E-state index in [0.717, 1.165) is 0 Å². The average molecular weight is 345 g/mol. The minimum absolute atomic E-state index is 0.0540. The Bertz CT molecular complexity index is 720. The molecule has 0 bridgehead atoms. The standard InChI is InChI=1S/C19H20FNO4/c1-23-16-7-5-14(6-8-16)19(22)21-9-10-24-18(12-21)13-25-17-4-2-3-15(20)11-17/h2-8,11,18H,9-10,12-13H2,1H3. The van der Waals surface area contributed by atoms with Gasteiger partial charge < -0.3 is 19.1 Å². The van der Waals surface area contributed by atoms with Crippen LogP contribution in [0.2, 0.25) is 0 Å². The molecule has 132 valence electrons. The summed E-state index contributed by atoms with van der Waals surface area (Å²) in [5, 5.41) is 0. The van der Waals surface area contributed by atoms with Crippen LogP contribution < -0.4 is 9.47 Å². The van der Waals surface area contributed by atoms with Crippen LogP contribution in [0.1, 0.15) is 10.4 Å². The largest absolute Gasteiger partial charge is 0.497 e. The summed E-state index contributed by atoms with van der Waals surface area (Å²) in [6.07, 6.45) is -0.251. The van der Waals surface area contributed by atoms with E-state index < -0.39 is 0 Å². The molecular formula is C19H20FNO4. The number of methoxy groups -OCH3 is 1. The van der Waals surface area contributed by atoms with E-state index in [0.29, 0.717) is 36.8 Å². The van der Waals surface area contributed by atoms with Gasteiger partial charge >= 0.3 is 0 Å². The first-order chi connectivity index (χ1) is 12.2. The van der Waals surface area contributed by atoms with Gasteiger partial charge in [0, 0.05) is 18.2 Å². The molecule has 2 aromatic carbocycles. The highest BCUT2D eigenvalue weighted by Gasteiger charge is 2.25. The van der Waals surface area contributed by atoms with Gasteiger partial charge in [-0.1, -0.05) is 6.07 Å². The zero-order valence-corrected chi connectivity index (χ0v) is 14.0. The van der Waals surface area contributed by atoms with Crippen molar-refractivity contribution in [3.63, 3.8) is 0 Å². The number of carbonyl (C=O) groups excluding carboxylic acids is 1. The Morgan fingerprint density at radius 2 is 2.04 bits per heavy atom. The lowest BCUT2D eigenvalue weighted by Gasteiger charge is -2.33. The van der Waals surface area contributed by atoms with Crippen LogP contribution in [0.5, 0.6) is 11.5 Å². The zero-order valence-electron chi connectivity index (χ0n) is 14.0. The molecule has 0 spiro atoms. The molecule has 3 rings (SSSR count). The van der Waals surface area contributed by atoms with Crippen LogP contribution in [0.4, 0.5) is 4.39 Å². The quantitative estimate of drug-likeness (QED) is 0.836. The van der Waals surface area contributed by atoms with E-state index in [1.54, 1.807) is 48.4 Å². The lowest BCUT2D eigenvalue weighted by atomic mass is 10.1. The van der Waals surface area contributed by atoms with Gasteiger partial charge in [0.05, 0.1) is 20.3 Å². The molecule has 0 N–H and O–H groups in total. The van der Waals surface area contributed by atoms with E-state index in [1.165, 1.54) is 12.1 Å². The van der Waals surface area contributed by atoms with Gasteiger partial charge in [0.1, 0.15) is 30.0 Å². The summed E-state index contributed by atoms with van der Waals surface area (Å²) in [4.78, 5) is 14.3. The van der Waals surface area contributed by atoms with E-state index in [-0.39, 0.29) is 24.4 Å². The van der Waals surface area contributed by atoms with E-state index in [2.05, 4.69) is 0 Å². The Balaban J connectivity index is 1.57. The molecule has 1 saturated heterocycles. The number of halogens is 1. The van der Waals surface area contributed by atoms with Crippen molar-refractivity contribution in [3.05, 3.63) is 59.9 Å². The van der Waals surface area contributed by atoms with Gasteiger partial charge in [0.15, 0.2) is 0 Å². The number of hydrogen-bond donors (Lipinski definition) is 0. The SMILES string of the molecule is COc1ccc(C(=O)N2CCOC(COc3cccc(F)c3)C2)cc1. The molecule has 1 fully saturated rings. The minimum Gasteiger partial charge on any atom is -0.497 e. The number of hydrogen-bond acceptors (Lipinski definition) is 4. The van der Waals surface area contributed by atoms with Crippen LogP contribution in [0.3, 0.4) is 0 Å². The molecule has 1 heterocycles. The maximum atomic E-state index is 13.2. The van der Waals surface area contributed by atoms with Gasteiger partial charge in [-0.25, -0.2) is 4.39 Å². The second-order valence-corrected chi connectivity index (χ2v) is 5.74. The molecule has 25 heavy (non-hydrogen) atoms. The van der Waals surface area contributed by atoms with E-state index in [9.17, 15) is 9.18 Å². The molecule has 6 heteroatoms. The van der Waals surface area contributed by atoms with Gasteiger partial charge in [0.2, 0.25) is 0 Å². The summed E-state index contributed by atoms with van der Waals surface area (Å²) in [5.74, 6) is 0.752. The molecule has 1 unspecified atom stereocenters. The van der Waals surface area contributed by atoms with Gasteiger partial charge in [-0.05, 0) is 36.4 Å². The molecule has 0 aliphatic carbocycles. The predicted octanol–water partition coefficient (Wildman–Crippen LogP) is 2.75. The third kappa shape index (κ3) is 4.48. The molecule has 2 aromatic rings. The summed E-state index contributed by atoms with van der Waals surface area (Å²) in [6, 6.07) is 13.0. The van der Waals surface area contributed by atoms with Crippen LogP contribution in [-0.2, 0) is 4.74 Å². The average Bonchev–Trinajstić information content (AvgIpc) is 2.66. The summed E-state index contributed by atoms with van der Waals surface area (Å²) < 4.78 is 29.5. The van der Waals surface area contributed by atoms with Crippen LogP contribution in [-0.4, -0.2) is 50.3 Å². The molecule has 0 saturated carbocycles. The third-order valence-electron chi connectivity index (χ3n) is 3.99. The van der Waals surface area contributed by atoms with Crippen LogP contribution in [0.15, 0.2) is 48.5 Å². The Labute approximate surface area is 145 Å². The Kier molecular flexibility index (Phi) is 5.50. The van der Waals surface area contributed by atoms with Crippen molar-refractivity contribution in [2.24, 2.45) is 0 Å². The van der Waals surface area contributed by atoms with Gasteiger partial charge in [0.25, 0.3) is 5.91 Å². The highest BCUT2D eigenvalue weighted by molar-refractivity contribution is 5.94. The van der Waals surface area contributed by atoms with Crippen LogP contribution in [0.25, 0.3) is 0 Å². The smallest absolute Gasteiger partial charge is 0.254 e. The molecule has 1 aliphatic heterocycles. The van der Waals surface area contributed by atoms with Crippen molar-refractivity contribution in [3.8, 4) is 11.5 Å². The summed E-state index contributed by atoms with van der Waals surface area (Å²) in [6.45, 7) is 1.66. The topological polar surface area (TPSA) is 48.0 Å². The van der Waals surface area contributed by atoms with Crippen molar-refractivity contribution >= 4 is 5.91 Å². The number of carbonyl (C=O) groups is 1. The van der Waals surface area contributed by atoms with E-state index >= 15 is 0 Å². The first-order valence-electron chi connectivity index (χ1n) is 8.09. The second-order valence-electron chi connectivity index (χ2n) is 5.74. The molecule has 0 radical (unpaired) electrons. The fourth-order valence-electron chi connectivity index (χ4n) is 2.67. The highest BCUT2D eigenvalue weighted by atomic mass is 19.1. The maximum absolute atomic E-state index is 13.2. The number of benzene rings is 2. The summed E-state index contributed by atoms with van der Waals surface area (Å²) in [7, 11) is 1.59. The van der Waals surface area contributed by atoms with Gasteiger partial charge in [-0.15, -0.1) is 0 Å². The minimum atomic E-state index is -0.349. The molecule has 0 aromatic heterocycles. The summed E-state index contributed by atoms with van der Waals surface area (Å²) >= 11 is 0. The zero-order chi connectivity index (χ0) is 17.6.